The zero-order valence-electron chi connectivity index (χ0n) is 11.8. The van der Waals surface area contributed by atoms with E-state index in [1.54, 1.807) is 4.90 Å². The first kappa shape index (κ1) is 14.8. The minimum atomic E-state index is -3.60. The molecule has 2 fully saturated rings. The number of amides is 1. The first-order valence-corrected chi connectivity index (χ1v) is 8.62. The van der Waals surface area contributed by atoms with Crippen LogP contribution in [0.25, 0.3) is 0 Å². The van der Waals surface area contributed by atoms with Gasteiger partial charge in [-0.1, -0.05) is 20.3 Å². The van der Waals surface area contributed by atoms with Gasteiger partial charge < -0.3 is 4.90 Å². The molecule has 2 aliphatic rings. The Kier molecular flexibility index (Phi) is 3.93. The van der Waals surface area contributed by atoms with Gasteiger partial charge in [0.05, 0.1) is 0 Å². The number of likely N-dealkylation sites (tertiary alicyclic amines) is 1. The highest BCUT2D eigenvalue weighted by molar-refractivity contribution is 7.89. The molecule has 1 amide bonds. The molecular weight excluding hydrogens is 264 g/mol. The molecule has 6 heteroatoms. The predicted molar refractivity (Wildman–Crippen MR) is 73.8 cm³/mol. The lowest BCUT2D eigenvalue weighted by Crippen LogP contribution is -2.44. The highest BCUT2D eigenvalue weighted by Gasteiger charge is 2.44. The smallest absolute Gasteiger partial charge is 0.224 e. The molecular formula is C13H24N2O3S. The van der Waals surface area contributed by atoms with Crippen LogP contribution in [-0.2, 0) is 14.8 Å². The SMILES string of the molecule is CC(C)CC1(CN2CC(S(N)(=O)=O)CC2=O)CCC1. The van der Waals surface area contributed by atoms with Gasteiger partial charge in [-0.25, -0.2) is 13.6 Å². The van der Waals surface area contributed by atoms with E-state index < -0.39 is 15.3 Å². The Labute approximate surface area is 115 Å². The van der Waals surface area contributed by atoms with Gasteiger partial charge in [0.2, 0.25) is 15.9 Å². The molecule has 0 bridgehead atoms. The van der Waals surface area contributed by atoms with E-state index >= 15 is 0 Å². The molecule has 0 radical (unpaired) electrons. The van der Waals surface area contributed by atoms with Crippen molar-refractivity contribution in [2.75, 3.05) is 13.1 Å². The molecule has 1 saturated heterocycles. The highest BCUT2D eigenvalue weighted by atomic mass is 32.2. The van der Waals surface area contributed by atoms with Crippen molar-refractivity contribution >= 4 is 15.9 Å². The summed E-state index contributed by atoms with van der Waals surface area (Å²) in [4.78, 5) is 13.7. The summed E-state index contributed by atoms with van der Waals surface area (Å²) in [5.41, 5.74) is 0.219. The van der Waals surface area contributed by atoms with E-state index in [1.165, 1.54) is 6.42 Å². The molecule has 0 spiro atoms. The minimum absolute atomic E-state index is 0.0522. The van der Waals surface area contributed by atoms with Crippen LogP contribution in [0.1, 0.15) is 46.0 Å². The van der Waals surface area contributed by atoms with Crippen LogP contribution in [0.3, 0.4) is 0 Å². The van der Waals surface area contributed by atoms with Crippen LogP contribution in [-0.4, -0.2) is 37.6 Å². The third kappa shape index (κ3) is 3.28. The van der Waals surface area contributed by atoms with E-state index in [0.29, 0.717) is 12.5 Å². The highest BCUT2D eigenvalue weighted by Crippen LogP contribution is 2.47. The summed E-state index contributed by atoms with van der Waals surface area (Å²) >= 11 is 0. The summed E-state index contributed by atoms with van der Waals surface area (Å²) in [6.45, 7) is 5.37. The van der Waals surface area contributed by atoms with Crippen LogP contribution < -0.4 is 5.14 Å². The second-order valence-electron chi connectivity index (χ2n) is 6.64. The van der Waals surface area contributed by atoms with Crippen molar-refractivity contribution < 1.29 is 13.2 Å². The number of carbonyl (C=O) groups is 1. The summed E-state index contributed by atoms with van der Waals surface area (Å²) in [6.07, 6.45) is 4.67. The summed E-state index contributed by atoms with van der Waals surface area (Å²) in [5, 5.41) is 4.44. The number of hydrogen-bond donors (Lipinski definition) is 1. The molecule has 5 nitrogen and oxygen atoms in total. The van der Waals surface area contributed by atoms with Crippen LogP contribution in [0.2, 0.25) is 0 Å². The second kappa shape index (κ2) is 5.05. The first-order chi connectivity index (χ1) is 8.72. The van der Waals surface area contributed by atoms with E-state index in [-0.39, 0.29) is 24.3 Å². The van der Waals surface area contributed by atoms with Crippen molar-refractivity contribution in [1.29, 1.82) is 0 Å². The normalized spacial score (nSPS) is 26.8. The number of primary sulfonamides is 1. The molecule has 0 aromatic rings. The van der Waals surface area contributed by atoms with E-state index in [1.807, 2.05) is 0 Å². The molecule has 1 unspecified atom stereocenters. The Balaban J connectivity index is 2.01. The first-order valence-electron chi connectivity index (χ1n) is 7.01. The van der Waals surface area contributed by atoms with E-state index in [9.17, 15) is 13.2 Å². The van der Waals surface area contributed by atoms with E-state index in [4.69, 9.17) is 5.14 Å². The number of nitrogens with two attached hydrogens (primary N) is 1. The van der Waals surface area contributed by atoms with Crippen LogP contribution >= 0.6 is 0 Å². The van der Waals surface area contributed by atoms with Crippen molar-refractivity contribution in [2.24, 2.45) is 16.5 Å². The topological polar surface area (TPSA) is 80.5 Å². The van der Waals surface area contributed by atoms with E-state index in [2.05, 4.69) is 13.8 Å². The van der Waals surface area contributed by atoms with Gasteiger partial charge in [0, 0.05) is 19.5 Å². The van der Waals surface area contributed by atoms with Crippen molar-refractivity contribution in [3.8, 4) is 0 Å². The van der Waals surface area contributed by atoms with Crippen molar-refractivity contribution in [1.82, 2.24) is 4.90 Å². The molecule has 0 aromatic carbocycles. The molecule has 1 heterocycles. The summed E-state index contributed by atoms with van der Waals surface area (Å²) in [7, 11) is -3.60. The fourth-order valence-corrected chi connectivity index (χ4v) is 4.25. The third-order valence-electron chi connectivity index (χ3n) is 4.43. The monoisotopic (exact) mass is 288 g/mol. The van der Waals surface area contributed by atoms with Gasteiger partial charge in [-0.2, -0.15) is 0 Å². The summed E-state index contributed by atoms with van der Waals surface area (Å²) in [5.74, 6) is 0.543. The molecule has 0 aromatic heterocycles. The van der Waals surface area contributed by atoms with Gasteiger partial charge in [-0.3, -0.25) is 4.79 Å². The second-order valence-corrected chi connectivity index (χ2v) is 8.49. The van der Waals surface area contributed by atoms with Crippen molar-refractivity contribution in [2.45, 2.75) is 51.2 Å². The van der Waals surface area contributed by atoms with Crippen molar-refractivity contribution in [3.63, 3.8) is 0 Å². The molecule has 110 valence electrons. The van der Waals surface area contributed by atoms with Gasteiger partial charge in [0.15, 0.2) is 0 Å². The number of nitrogens with zero attached hydrogens (tertiary/aromatic N) is 1. The molecule has 1 saturated carbocycles. The largest absolute Gasteiger partial charge is 0.341 e. The van der Waals surface area contributed by atoms with Crippen LogP contribution in [0.4, 0.5) is 0 Å². The molecule has 1 aliphatic carbocycles. The number of carbonyl (C=O) groups excluding carboxylic acids is 1. The Morgan fingerprint density at radius 3 is 2.42 bits per heavy atom. The lowest BCUT2D eigenvalue weighted by Gasteiger charge is -2.45. The zero-order chi connectivity index (χ0) is 14.3. The van der Waals surface area contributed by atoms with Crippen LogP contribution in [0.15, 0.2) is 0 Å². The zero-order valence-corrected chi connectivity index (χ0v) is 12.6. The molecule has 1 atom stereocenters. The average Bonchev–Trinajstić information content (AvgIpc) is 2.56. The Morgan fingerprint density at radius 2 is 2.05 bits per heavy atom. The Bertz CT molecular complexity index is 455. The molecule has 1 aliphatic heterocycles. The summed E-state index contributed by atoms with van der Waals surface area (Å²) < 4.78 is 22.7. The maximum Gasteiger partial charge on any atom is 0.224 e. The molecule has 2 rings (SSSR count). The van der Waals surface area contributed by atoms with Crippen LogP contribution in [0, 0.1) is 11.3 Å². The maximum absolute atomic E-state index is 11.9. The van der Waals surface area contributed by atoms with Gasteiger partial charge in [-0.05, 0) is 30.6 Å². The lowest BCUT2D eigenvalue weighted by molar-refractivity contribution is -0.130. The number of rotatable bonds is 5. The van der Waals surface area contributed by atoms with Crippen LogP contribution in [0.5, 0.6) is 0 Å². The van der Waals surface area contributed by atoms with Crippen molar-refractivity contribution in [3.05, 3.63) is 0 Å². The number of hydrogen-bond acceptors (Lipinski definition) is 3. The van der Waals surface area contributed by atoms with E-state index in [0.717, 1.165) is 19.3 Å². The fraction of sp³-hybridized carbons (Fsp3) is 0.923. The average molecular weight is 288 g/mol. The quantitative estimate of drug-likeness (QED) is 0.822. The molecule has 19 heavy (non-hydrogen) atoms. The standard InChI is InChI=1S/C13H24N2O3S/c1-10(2)7-13(4-3-5-13)9-15-8-11(6-12(15)16)19(14,17)18/h10-11H,3-9H2,1-2H3,(H2,14,17,18). The van der Waals surface area contributed by atoms with Gasteiger partial charge >= 0.3 is 0 Å². The maximum atomic E-state index is 11.9. The van der Waals surface area contributed by atoms with Gasteiger partial charge in [0.1, 0.15) is 5.25 Å². The van der Waals surface area contributed by atoms with Gasteiger partial charge in [0.25, 0.3) is 0 Å². The predicted octanol–water partition coefficient (Wildman–Crippen LogP) is 1.09. The van der Waals surface area contributed by atoms with Gasteiger partial charge in [-0.15, -0.1) is 0 Å². The lowest BCUT2D eigenvalue weighted by atomic mass is 9.64. The Morgan fingerprint density at radius 1 is 1.42 bits per heavy atom. The summed E-state index contributed by atoms with van der Waals surface area (Å²) in [6, 6.07) is 0. The molecule has 2 N–H and O–H groups in total. The third-order valence-corrected chi connectivity index (χ3v) is 5.67. The Hall–Kier alpha value is -0.620. The fourth-order valence-electron chi connectivity index (χ4n) is 3.48. The number of sulfonamides is 1. The minimum Gasteiger partial charge on any atom is -0.341 e.